The normalized spacial score (nSPS) is 21.2. The van der Waals surface area contributed by atoms with Crippen molar-refractivity contribution in [2.45, 2.75) is 192 Å². The fourth-order valence-electron chi connectivity index (χ4n) is 6.04. The fourth-order valence-corrected chi connectivity index (χ4v) is 6.04. The molecular weight excluding hydrogens is 700 g/mol. The molecule has 1 aliphatic rings. The van der Waals surface area contributed by atoms with Gasteiger partial charge >= 0.3 is 11.9 Å². The number of rotatable bonds is 34. The fraction of sp³-hybridized carbons (Fsp3) is 0.733. The molecule has 0 aromatic heterocycles. The molecule has 55 heavy (non-hydrogen) atoms. The molecule has 4 N–H and O–H groups in total. The van der Waals surface area contributed by atoms with Gasteiger partial charge in [-0.25, -0.2) is 0 Å². The maximum atomic E-state index is 12.7. The molecule has 0 spiro atoms. The molecule has 1 saturated heterocycles. The zero-order valence-electron chi connectivity index (χ0n) is 34.2. The van der Waals surface area contributed by atoms with Gasteiger partial charge in [-0.2, -0.15) is 0 Å². The largest absolute Gasteiger partial charge is 0.462 e. The molecule has 0 bridgehead atoms. The number of ether oxygens (including phenoxy) is 4. The molecule has 10 nitrogen and oxygen atoms in total. The van der Waals surface area contributed by atoms with Gasteiger partial charge in [0.1, 0.15) is 31.0 Å². The van der Waals surface area contributed by atoms with Crippen molar-refractivity contribution in [3.8, 4) is 0 Å². The first-order chi connectivity index (χ1) is 26.8. The average Bonchev–Trinajstić information content (AvgIpc) is 3.18. The molecule has 0 amide bonds. The van der Waals surface area contributed by atoms with Gasteiger partial charge in [0.2, 0.25) is 0 Å². The monoisotopic (exact) mass is 777 g/mol. The molecule has 10 heteroatoms. The molecule has 0 saturated carbocycles. The second-order valence-corrected chi connectivity index (χ2v) is 14.4. The summed E-state index contributed by atoms with van der Waals surface area (Å²) in [5.41, 5.74) is 0. The molecule has 0 radical (unpaired) electrons. The number of aliphatic hydroxyl groups is 4. The lowest BCUT2D eigenvalue weighted by atomic mass is 9.99. The van der Waals surface area contributed by atoms with Crippen molar-refractivity contribution in [1.29, 1.82) is 0 Å². The Balaban J connectivity index is 2.38. The number of carbonyl (C=O) groups excluding carboxylic acids is 2. The molecule has 1 heterocycles. The average molecular weight is 777 g/mol. The minimum Gasteiger partial charge on any atom is -0.462 e. The minimum atomic E-state index is -1.60. The van der Waals surface area contributed by atoms with Crippen LogP contribution in [-0.4, -0.2) is 89.0 Å². The predicted octanol–water partition coefficient (Wildman–Crippen LogP) is 8.66. The Morgan fingerprint density at radius 2 is 1.07 bits per heavy atom. The number of carbonyl (C=O) groups is 2. The summed E-state index contributed by atoms with van der Waals surface area (Å²) in [5.74, 6) is -0.849. The lowest BCUT2D eigenvalue weighted by Crippen LogP contribution is -2.59. The SMILES string of the molecule is CC/C=C\C/C=C\C/C=C\C/C=C\C/C=C\CCCCCC(=O)OC(COC(=O)CCCCCCCCCCCCC)COC1OC(CO)C(O)C(O)C1O. The smallest absolute Gasteiger partial charge is 0.306 e. The van der Waals surface area contributed by atoms with Gasteiger partial charge in [0, 0.05) is 12.8 Å². The highest BCUT2D eigenvalue weighted by Crippen LogP contribution is 2.22. The zero-order chi connectivity index (χ0) is 40.2. The first-order valence-electron chi connectivity index (χ1n) is 21.4. The van der Waals surface area contributed by atoms with E-state index < -0.39 is 49.4 Å². The van der Waals surface area contributed by atoms with Crippen molar-refractivity contribution in [3.63, 3.8) is 0 Å². The van der Waals surface area contributed by atoms with E-state index in [1.165, 1.54) is 51.4 Å². The summed E-state index contributed by atoms with van der Waals surface area (Å²) in [6, 6.07) is 0. The van der Waals surface area contributed by atoms with Crippen LogP contribution in [-0.2, 0) is 28.5 Å². The lowest BCUT2D eigenvalue weighted by molar-refractivity contribution is -0.305. The van der Waals surface area contributed by atoms with Gasteiger partial charge in [-0.05, 0) is 57.8 Å². The molecule has 1 fully saturated rings. The van der Waals surface area contributed by atoms with E-state index in [1.54, 1.807) is 0 Å². The Kier molecular flexibility index (Phi) is 32.8. The van der Waals surface area contributed by atoms with E-state index in [-0.39, 0.29) is 32.0 Å². The first kappa shape index (κ1) is 50.4. The number of aliphatic hydroxyl groups excluding tert-OH is 4. The highest BCUT2D eigenvalue weighted by molar-refractivity contribution is 5.70. The summed E-state index contributed by atoms with van der Waals surface area (Å²) < 4.78 is 22.1. The first-order valence-corrected chi connectivity index (χ1v) is 21.4. The van der Waals surface area contributed by atoms with Gasteiger partial charge in [0.15, 0.2) is 12.4 Å². The van der Waals surface area contributed by atoms with Crippen molar-refractivity contribution in [3.05, 3.63) is 60.8 Å². The lowest BCUT2D eigenvalue weighted by Gasteiger charge is -2.39. The highest BCUT2D eigenvalue weighted by atomic mass is 16.7. The van der Waals surface area contributed by atoms with Crippen LogP contribution in [0.1, 0.15) is 155 Å². The van der Waals surface area contributed by atoms with E-state index in [0.29, 0.717) is 6.42 Å². The maximum Gasteiger partial charge on any atom is 0.306 e. The van der Waals surface area contributed by atoms with Crippen molar-refractivity contribution in [2.75, 3.05) is 19.8 Å². The third kappa shape index (κ3) is 27.6. The van der Waals surface area contributed by atoms with E-state index in [0.717, 1.165) is 70.6 Å². The molecule has 6 unspecified atom stereocenters. The number of hydrogen-bond donors (Lipinski definition) is 4. The molecule has 0 aromatic carbocycles. The van der Waals surface area contributed by atoms with Gasteiger partial charge < -0.3 is 39.4 Å². The topological polar surface area (TPSA) is 152 Å². The Bertz CT molecular complexity index is 1080. The Morgan fingerprint density at radius 3 is 1.62 bits per heavy atom. The van der Waals surface area contributed by atoms with E-state index in [2.05, 4.69) is 74.6 Å². The number of esters is 2. The van der Waals surface area contributed by atoms with E-state index >= 15 is 0 Å². The van der Waals surface area contributed by atoms with E-state index in [4.69, 9.17) is 18.9 Å². The van der Waals surface area contributed by atoms with Gasteiger partial charge in [-0.3, -0.25) is 9.59 Å². The van der Waals surface area contributed by atoms with Gasteiger partial charge in [-0.15, -0.1) is 0 Å². The highest BCUT2D eigenvalue weighted by Gasteiger charge is 2.44. The van der Waals surface area contributed by atoms with Crippen molar-refractivity contribution in [2.24, 2.45) is 0 Å². The van der Waals surface area contributed by atoms with E-state index in [9.17, 15) is 30.0 Å². The maximum absolute atomic E-state index is 12.7. The molecule has 316 valence electrons. The summed E-state index contributed by atoms with van der Waals surface area (Å²) >= 11 is 0. The van der Waals surface area contributed by atoms with E-state index in [1.807, 2.05) is 0 Å². The summed E-state index contributed by atoms with van der Waals surface area (Å²) in [5, 5.41) is 40.0. The Hall–Kier alpha value is -2.60. The number of hydrogen-bond acceptors (Lipinski definition) is 10. The second-order valence-electron chi connectivity index (χ2n) is 14.4. The summed E-state index contributed by atoms with van der Waals surface area (Å²) in [6.45, 7) is 3.25. The Labute approximate surface area is 332 Å². The van der Waals surface area contributed by atoms with Gasteiger partial charge in [0.05, 0.1) is 13.2 Å². The predicted molar refractivity (Wildman–Crippen MR) is 219 cm³/mol. The summed E-state index contributed by atoms with van der Waals surface area (Å²) in [4.78, 5) is 25.2. The standard InChI is InChI=1S/C45H76O10/c1-3-5-7-9-11-13-15-16-17-18-19-20-21-22-24-26-28-30-32-34-41(48)54-38(37-53-45-44(51)43(50)42(49)39(35-46)55-45)36-52-40(47)33-31-29-27-25-23-14-12-10-8-6-4-2/h5,7,11,13,16-17,19-20,22,24,38-39,42-46,49-51H,3-4,6,8-10,12,14-15,18,21,23,25-37H2,1-2H3/b7-5-,13-11-,17-16-,20-19-,24-22-. The molecule has 0 aliphatic carbocycles. The molecule has 6 atom stereocenters. The molecular formula is C45H76O10. The molecule has 1 aliphatic heterocycles. The van der Waals surface area contributed by atoms with Crippen molar-refractivity contribution < 1.29 is 49.0 Å². The van der Waals surface area contributed by atoms with Crippen molar-refractivity contribution in [1.82, 2.24) is 0 Å². The third-order valence-electron chi connectivity index (χ3n) is 9.42. The van der Waals surface area contributed by atoms with Crippen LogP contribution < -0.4 is 0 Å². The van der Waals surface area contributed by atoms with Crippen LogP contribution in [0, 0.1) is 0 Å². The summed E-state index contributed by atoms with van der Waals surface area (Å²) in [6.07, 6.45) is 35.1. The molecule has 1 rings (SSSR count). The van der Waals surface area contributed by atoms with Crippen LogP contribution in [0.5, 0.6) is 0 Å². The number of unbranched alkanes of at least 4 members (excludes halogenated alkanes) is 13. The van der Waals surface area contributed by atoms with Crippen LogP contribution in [0.25, 0.3) is 0 Å². The van der Waals surface area contributed by atoms with Crippen molar-refractivity contribution >= 4 is 11.9 Å². The van der Waals surface area contributed by atoms with Gasteiger partial charge in [-0.1, -0.05) is 145 Å². The van der Waals surface area contributed by atoms with Crippen LogP contribution in [0.15, 0.2) is 60.8 Å². The summed E-state index contributed by atoms with van der Waals surface area (Å²) in [7, 11) is 0. The second kappa shape index (κ2) is 35.8. The zero-order valence-corrected chi connectivity index (χ0v) is 34.2. The van der Waals surface area contributed by atoms with Crippen LogP contribution in [0.3, 0.4) is 0 Å². The van der Waals surface area contributed by atoms with Gasteiger partial charge in [0.25, 0.3) is 0 Å². The number of allylic oxidation sites excluding steroid dienone is 10. The molecule has 0 aromatic rings. The van der Waals surface area contributed by atoms with Crippen LogP contribution in [0.2, 0.25) is 0 Å². The van der Waals surface area contributed by atoms with Crippen LogP contribution >= 0.6 is 0 Å². The Morgan fingerprint density at radius 1 is 0.582 bits per heavy atom. The minimum absolute atomic E-state index is 0.189. The third-order valence-corrected chi connectivity index (χ3v) is 9.42. The quantitative estimate of drug-likeness (QED) is 0.0284. The van der Waals surface area contributed by atoms with Crippen LogP contribution in [0.4, 0.5) is 0 Å².